The fraction of sp³-hybridized carbons (Fsp3) is 0.0909. The maximum atomic E-state index is 12.6. The number of halogens is 3. The number of ether oxygens (including phenoxy) is 1. The van der Waals surface area contributed by atoms with Crippen LogP contribution < -0.4 is 15.6 Å². The van der Waals surface area contributed by atoms with Crippen LogP contribution in [0, 0.1) is 6.92 Å². The van der Waals surface area contributed by atoms with Crippen molar-refractivity contribution in [3.63, 3.8) is 0 Å². The third kappa shape index (κ3) is 4.76. The Balaban J connectivity index is 1.37. The molecule has 0 fully saturated rings. The third-order valence-electron chi connectivity index (χ3n) is 4.61. The summed E-state index contributed by atoms with van der Waals surface area (Å²) in [6.07, 6.45) is -2.12. The van der Waals surface area contributed by atoms with Crippen molar-refractivity contribution in [2.75, 3.05) is 0 Å². The summed E-state index contributed by atoms with van der Waals surface area (Å²) in [6, 6.07) is 13.0. The van der Waals surface area contributed by atoms with E-state index < -0.39 is 23.6 Å². The van der Waals surface area contributed by atoms with E-state index in [4.69, 9.17) is 4.74 Å². The second-order valence-electron chi connectivity index (χ2n) is 6.89. The van der Waals surface area contributed by atoms with E-state index in [1.165, 1.54) is 24.3 Å². The summed E-state index contributed by atoms with van der Waals surface area (Å²) >= 11 is 0. The van der Waals surface area contributed by atoms with Crippen LogP contribution in [0.4, 0.5) is 13.2 Å². The molecule has 3 aromatic heterocycles. The van der Waals surface area contributed by atoms with E-state index in [2.05, 4.69) is 20.8 Å². The number of fused-ring (bicyclic) bond motifs is 1. The largest absolute Gasteiger partial charge is 0.439 e. The van der Waals surface area contributed by atoms with Crippen molar-refractivity contribution < 1.29 is 27.5 Å². The van der Waals surface area contributed by atoms with Crippen LogP contribution in [-0.2, 0) is 6.18 Å². The molecular weight excluding hydrogens is 439 g/mol. The van der Waals surface area contributed by atoms with Gasteiger partial charge in [-0.2, -0.15) is 13.2 Å². The lowest BCUT2D eigenvalue weighted by Gasteiger charge is -2.10. The van der Waals surface area contributed by atoms with Crippen molar-refractivity contribution >= 4 is 17.5 Å². The zero-order valence-corrected chi connectivity index (χ0v) is 17.1. The minimum Gasteiger partial charge on any atom is -0.439 e. The number of hydrazine groups is 1. The molecule has 33 heavy (non-hydrogen) atoms. The molecule has 4 rings (SSSR count). The van der Waals surface area contributed by atoms with Crippen LogP contribution in [0.3, 0.4) is 0 Å². The predicted octanol–water partition coefficient (Wildman–Crippen LogP) is 3.92. The molecular formula is C22H16F3N5O3. The van der Waals surface area contributed by atoms with E-state index in [0.29, 0.717) is 23.2 Å². The first-order valence-corrected chi connectivity index (χ1v) is 9.58. The number of hydrogen-bond acceptors (Lipinski definition) is 5. The normalized spacial score (nSPS) is 11.3. The third-order valence-corrected chi connectivity index (χ3v) is 4.61. The van der Waals surface area contributed by atoms with Gasteiger partial charge < -0.3 is 4.74 Å². The maximum absolute atomic E-state index is 12.6. The molecule has 0 radical (unpaired) electrons. The first-order chi connectivity index (χ1) is 15.7. The van der Waals surface area contributed by atoms with Gasteiger partial charge in [0.1, 0.15) is 17.1 Å². The molecule has 0 spiro atoms. The Morgan fingerprint density at radius 3 is 2.36 bits per heavy atom. The maximum Gasteiger partial charge on any atom is 0.417 e. The van der Waals surface area contributed by atoms with Gasteiger partial charge in [0.2, 0.25) is 5.88 Å². The van der Waals surface area contributed by atoms with Gasteiger partial charge in [-0.05, 0) is 49.4 Å². The van der Waals surface area contributed by atoms with Crippen molar-refractivity contribution in [2.24, 2.45) is 0 Å². The van der Waals surface area contributed by atoms with E-state index >= 15 is 0 Å². The predicted molar refractivity (Wildman–Crippen MR) is 111 cm³/mol. The lowest BCUT2D eigenvalue weighted by Crippen LogP contribution is -2.42. The Labute approximate surface area is 185 Å². The Hall–Kier alpha value is -4.41. The SMILES string of the molecule is Cc1nc2ccccn2c1C(=O)NNC(=O)c1ccc(Oc2ccc(C(F)(F)F)cn2)cc1. The number of aryl methyl sites for hydroxylation is 1. The highest BCUT2D eigenvalue weighted by Gasteiger charge is 2.30. The first-order valence-electron chi connectivity index (χ1n) is 9.58. The molecule has 3 heterocycles. The number of alkyl halides is 3. The highest BCUT2D eigenvalue weighted by molar-refractivity contribution is 5.99. The van der Waals surface area contributed by atoms with Crippen LogP contribution in [0.5, 0.6) is 11.6 Å². The van der Waals surface area contributed by atoms with E-state index in [-0.39, 0.29) is 17.2 Å². The van der Waals surface area contributed by atoms with Gasteiger partial charge in [0, 0.05) is 24.0 Å². The van der Waals surface area contributed by atoms with Gasteiger partial charge in [-0.1, -0.05) is 6.07 Å². The van der Waals surface area contributed by atoms with Gasteiger partial charge in [0.15, 0.2) is 0 Å². The number of benzene rings is 1. The standard InChI is InChI=1S/C22H16F3N5O3/c1-13-19(30-11-3-2-4-17(30)27-13)21(32)29-28-20(31)14-5-8-16(9-6-14)33-18-10-7-15(12-26-18)22(23,24)25/h2-12H,1H3,(H,28,31)(H,29,32). The smallest absolute Gasteiger partial charge is 0.417 e. The fourth-order valence-electron chi connectivity index (χ4n) is 3.04. The summed E-state index contributed by atoms with van der Waals surface area (Å²) in [5.41, 5.74) is 5.42. The summed E-state index contributed by atoms with van der Waals surface area (Å²) in [5.74, 6) is -0.873. The van der Waals surface area contributed by atoms with Gasteiger partial charge in [0.05, 0.1) is 11.3 Å². The number of carbonyl (C=O) groups excluding carboxylic acids is 2. The molecule has 4 aromatic rings. The van der Waals surface area contributed by atoms with Gasteiger partial charge in [-0.3, -0.25) is 24.8 Å². The summed E-state index contributed by atoms with van der Waals surface area (Å²) in [7, 11) is 0. The minimum atomic E-state index is -4.49. The van der Waals surface area contributed by atoms with Crippen molar-refractivity contribution in [2.45, 2.75) is 13.1 Å². The van der Waals surface area contributed by atoms with Crippen LogP contribution in [0.2, 0.25) is 0 Å². The molecule has 11 heteroatoms. The molecule has 2 N–H and O–H groups in total. The summed E-state index contributed by atoms with van der Waals surface area (Å²) < 4.78 is 44.8. The van der Waals surface area contributed by atoms with Crippen molar-refractivity contribution in [1.82, 2.24) is 25.2 Å². The van der Waals surface area contributed by atoms with Crippen molar-refractivity contribution in [1.29, 1.82) is 0 Å². The molecule has 0 unspecified atom stereocenters. The molecule has 8 nitrogen and oxygen atoms in total. The van der Waals surface area contributed by atoms with E-state index in [1.54, 1.807) is 35.7 Å². The van der Waals surface area contributed by atoms with Gasteiger partial charge in [-0.15, -0.1) is 0 Å². The van der Waals surface area contributed by atoms with Crippen LogP contribution in [0.15, 0.2) is 67.0 Å². The van der Waals surface area contributed by atoms with E-state index in [1.807, 2.05) is 0 Å². The highest BCUT2D eigenvalue weighted by atomic mass is 19.4. The van der Waals surface area contributed by atoms with Gasteiger partial charge >= 0.3 is 6.18 Å². The van der Waals surface area contributed by atoms with Crippen LogP contribution in [0.1, 0.15) is 32.1 Å². The van der Waals surface area contributed by atoms with E-state index in [0.717, 1.165) is 12.1 Å². The molecule has 0 saturated carbocycles. The van der Waals surface area contributed by atoms with Crippen LogP contribution in [-0.4, -0.2) is 26.2 Å². The number of pyridine rings is 2. The number of nitrogens with one attached hydrogen (secondary N) is 2. The average molecular weight is 455 g/mol. The van der Waals surface area contributed by atoms with Crippen LogP contribution >= 0.6 is 0 Å². The molecule has 2 amide bonds. The average Bonchev–Trinajstić information content (AvgIpc) is 3.13. The number of amides is 2. The highest BCUT2D eigenvalue weighted by Crippen LogP contribution is 2.30. The number of nitrogens with zero attached hydrogens (tertiary/aromatic N) is 3. The summed E-state index contributed by atoms with van der Waals surface area (Å²) in [4.78, 5) is 32.8. The van der Waals surface area contributed by atoms with Crippen LogP contribution in [0.25, 0.3) is 5.65 Å². The Morgan fingerprint density at radius 1 is 0.970 bits per heavy atom. The molecule has 0 aliphatic carbocycles. The molecule has 0 aliphatic rings. The molecule has 0 aliphatic heterocycles. The number of imidazole rings is 1. The summed E-state index contributed by atoms with van der Waals surface area (Å²) in [5, 5.41) is 0. The lowest BCUT2D eigenvalue weighted by atomic mass is 10.2. The first kappa shape index (κ1) is 21.8. The zero-order valence-electron chi connectivity index (χ0n) is 17.1. The Kier molecular flexibility index (Phi) is 5.69. The molecule has 0 saturated heterocycles. The molecule has 168 valence electrons. The monoisotopic (exact) mass is 455 g/mol. The molecule has 0 atom stereocenters. The molecule has 0 bridgehead atoms. The van der Waals surface area contributed by atoms with Gasteiger partial charge in [-0.25, -0.2) is 9.97 Å². The summed E-state index contributed by atoms with van der Waals surface area (Å²) in [6.45, 7) is 1.69. The lowest BCUT2D eigenvalue weighted by molar-refractivity contribution is -0.137. The topological polar surface area (TPSA) is 97.6 Å². The number of hydrogen-bond donors (Lipinski definition) is 2. The Morgan fingerprint density at radius 2 is 1.70 bits per heavy atom. The number of carbonyl (C=O) groups is 2. The molecule has 1 aromatic carbocycles. The second-order valence-corrected chi connectivity index (χ2v) is 6.89. The Bertz CT molecular complexity index is 1320. The fourth-order valence-corrected chi connectivity index (χ4v) is 3.04. The quantitative estimate of drug-likeness (QED) is 0.455. The number of aromatic nitrogens is 3. The van der Waals surface area contributed by atoms with Crippen molar-refractivity contribution in [3.05, 3.63) is 89.5 Å². The number of rotatable bonds is 4. The zero-order chi connectivity index (χ0) is 23.6. The van der Waals surface area contributed by atoms with E-state index in [9.17, 15) is 22.8 Å². The second kappa shape index (κ2) is 8.61. The van der Waals surface area contributed by atoms with Gasteiger partial charge in [0.25, 0.3) is 11.8 Å². The minimum absolute atomic E-state index is 0.0316. The van der Waals surface area contributed by atoms with Crippen molar-refractivity contribution in [3.8, 4) is 11.6 Å².